The minimum Gasteiger partial charge on any atom is -0.497 e. The second-order valence-corrected chi connectivity index (χ2v) is 5.07. The Morgan fingerprint density at radius 2 is 1.50 bits per heavy atom. The van der Waals surface area contributed by atoms with Gasteiger partial charge in [0, 0.05) is 0 Å². The van der Waals surface area contributed by atoms with Gasteiger partial charge in [-0.1, -0.05) is 35.9 Å². The van der Waals surface area contributed by atoms with Gasteiger partial charge in [0.15, 0.2) is 0 Å². The van der Waals surface area contributed by atoms with Crippen LogP contribution in [0.3, 0.4) is 0 Å². The van der Waals surface area contributed by atoms with E-state index in [4.69, 9.17) is 22.1 Å². The first-order chi connectivity index (χ1) is 9.67. The van der Waals surface area contributed by atoms with Crippen molar-refractivity contribution in [2.24, 2.45) is 0 Å². The average Bonchev–Trinajstić information content (AvgIpc) is 2.49. The number of hydrogen-bond acceptors (Lipinski definition) is 2. The Bertz CT molecular complexity index is 783. The molecular formula is C17H14ClNO. The Kier molecular flexibility index (Phi) is 3.25. The SMILES string of the molecule is COc1ccc2cc(-c3ccc(N)c(Cl)c3)ccc2c1. The molecule has 0 amide bonds. The summed E-state index contributed by atoms with van der Waals surface area (Å²) >= 11 is 6.08. The van der Waals surface area contributed by atoms with Crippen LogP contribution in [0.1, 0.15) is 0 Å². The molecule has 0 radical (unpaired) electrons. The number of rotatable bonds is 2. The molecule has 0 saturated heterocycles. The molecule has 0 aromatic heterocycles. The molecule has 0 bridgehead atoms. The molecule has 100 valence electrons. The van der Waals surface area contributed by atoms with Gasteiger partial charge in [0.05, 0.1) is 17.8 Å². The second-order valence-electron chi connectivity index (χ2n) is 4.66. The molecule has 20 heavy (non-hydrogen) atoms. The number of anilines is 1. The number of methoxy groups -OCH3 is 1. The third-order valence-electron chi connectivity index (χ3n) is 3.38. The summed E-state index contributed by atoms with van der Waals surface area (Å²) in [5.74, 6) is 0.862. The van der Waals surface area contributed by atoms with E-state index in [0.29, 0.717) is 10.7 Å². The fourth-order valence-electron chi connectivity index (χ4n) is 2.24. The van der Waals surface area contributed by atoms with Crippen LogP contribution in [0, 0.1) is 0 Å². The van der Waals surface area contributed by atoms with Crippen LogP contribution in [0.15, 0.2) is 54.6 Å². The number of hydrogen-bond donors (Lipinski definition) is 1. The molecule has 0 aliphatic carbocycles. The van der Waals surface area contributed by atoms with E-state index in [0.717, 1.165) is 27.6 Å². The lowest BCUT2D eigenvalue weighted by molar-refractivity contribution is 0.415. The van der Waals surface area contributed by atoms with Crippen LogP contribution in [-0.2, 0) is 0 Å². The lowest BCUT2D eigenvalue weighted by atomic mass is 10.0. The smallest absolute Gasteiger partial charge is 0.119 e. The summed E-state index contributed by atoms with van der Waals surface area (Å²) in [4.78, 5) is 0. The van der Waals surface area contributed by atoms with Gasteiger partial charge in [0.1, 0.15) is 5.75 Å². The molecule has 3 heteroatoms. The fraction of sp³-hybridized carbons (Fsp3) is 0.0588. The highest BCUT2D eigenvalue weighted by Gasteiger charge is 2.03. The first-order valence-corrected chi connectivity index (χ1v) is 6.68. The number of ether oxygens (including phenoxy) is 1. The summed E-state index contributed by atoms with van der Waals surface area (Å²) in [7, 11) is 1.67. The fourth-order valence-corrected chi connectivity index (χ4v) is 2.42. The number of fused-ring (bicyclic) bond motifs is 1. The van der Waals surface area contributed by atoms with Crippen LogP contribution in [0.25, 0.3) is 21.9 Å². The second kappa shape index (κ2) is 5.06. The molecule has 2 nitrogen and oxygen atoms in total. The zero-order valence-corrected chi connectivity index (χ0v) is 11.8. The Morgan fingerprint density at radius 1 is 0.850 bits per heavy atom. The van der Waals surface area contributed by atoms with Crippen molar-refractivity contribution >= 4 is 28.1 Å². The maximum absolute atomic E-state index is 6.08. The van der Waals surface area contributed by atoms with Crippen LogP contribution in [-0.4, -0.2) is 7.11 Å². The zero-order chi connectivity index (χ0) is 14.1. The summed E-state index contributed by atoms with van der Waals surface area (Å²) in [5.41, 5.74) is 8.51. The Balaban J connectivity index is 2.10. The molecule has 0 heterocycles. The monoisotopic (exact) mass is 283 g/mol. The van der Waals surface area contributed by atoms with Crippen molar-refractivity contribution in [3.63, 3.8) is 0 Å². The third-order valence-corrected chi connectivity index (χ3v) is 3.71. The van der Waals surface area contributed by atoms with Crippen molar-refractivity contribution < 1.29 is 4.74 Å². The highest BCUT2D eigenvalue weighted by Crippen LogP contribution is 2.30. The van der Waals surface area contributed by atoms with Crippen molar-refractivity contribution in [1.29, 1.82) is 0 Å². The van der Waals surface area contributed by atoms with Gasteiger partial charge >= 0.3 is 0 Å². The van der Waals surface area contributed by atoms with Gasteiger partial charge in [0.25, 0.3) is 0 Å². The molecule has 0 saturated carbocycles. The van der Waals surface area contributed by atoms with E-state index in [1.54, 1.807) is 7.11 Å². The topological polar surface area (TPSA) is 35.2 Å². The van der Waals surface area contributed by atoms with E-state index >= 15 is 0 Å². The van der Waals surface area contributed by atoms with E-state index < -0.39 is 0 Å². The molecule has 0 unspecified atom stereocenters. The Hall–Kier alpha value is -2.19. The van der Waals surface area contributed by atoms with Crippen molar-refractivity contribution in [3.8, 4) is 16.9 Å². The average molecular weight is 284 g/mol. The van der Waals surface area contributed by atoms with Gasteiger partial charge in [-0.25, -0.2) is 0 Å². The van der Waals surface area contributed by atoms with E-state index in [1.165, 1.54) is 0 Å². The Labute approximate surface area is 122 Å². The maximum atomic E-state index is 6.08. The van der Waals surface area contributed by atoms with E-state index in [1.807, 2.05) is 30.3 Å². The van der Waals surface area contributed by atoms with Crippen molar-refractivity contribution in [2.75, 3.05) is 12.8 Å². The standard InChI is InChI=1S/C17H14ClNO/c1-20-15-6-4-12-8-11(2-3-13(12)9-15)14-5-7-17(19)16(18)10-14/h2-10H,19H2,1H3. The maximum Gasteiger partial charge on any atom is 0.119 e. The Morgan fingerprint density at radius 3 is 2.25 bits per heavy atom. The quantitative estimate of drug-likeness (QED) is 0.689. The summed E-state index contributed by atoms with van der Waals surface area (Å²) in [6.07, 6.45) is 0. The first-order valence-electron chi connectivity index (χ1n) is 6.30. The summed E-state index contributed by atoms with van der Waals surface area (Å²) in [6.45, 7) is 0. The molecule has 0 aliphatic rings. The third kappa shape index (κ3) is 2.30. The highest BCUT2D eigenvalue weighted by atomic mass is 35.5. The van der Waals surface area contributed by atoms with Crippen LogP contribution >= 0.6 is 11.6 Å². The minimum absolute atomic E-state index is 0.581. The van der Waals surface area contributed by atoms with Gasteiger partial charge in [-0.3, -0.25) is 0 Å². The highest BCUT2D eigenvalue weighted by molar-refractivity contribution is 6.33. The van der Waals surface area contributed by atoms with Crippen molar-refractivity contribution in [1.82, 2.24) is 0 Å². The predicted octanol–water partition coefficient (Wildman–Crippen LogP) is 4.75. The number of benzene rings is 3. The van der Waals surface area contributed by atoms with Crippen LogP contribution in [0.5, 0.6) is 5.75 Å². The number of halogens is 1. The minimum atomic E-state index is 0.581. The van der Waals surface area contributed by atoms with Crippen LogP contribution in [0.4, 0.5) is 5.69 Å². The van der Waals surface area contributed by atoms with Crippen LogP contribution in [0.2, 0.25) is 5.02 Å². The molecule has 3 aromatic carbocycles. The largest absolute Gasteiger partial charge is 0.497 e. The normalized spacial score (nSPS) is 10.7. The summed E-state index contributed by atoms with van der Waals surface area (Å²) in [5, 5.41) is 2.89. The van der Waals surface area contributed by atoms with E-state index in [9.17, 15) is 0 Å². The van der Waals surface area contributed by atoms with Crippen molar-refractivity contribution in [2.45, 2.75) is 0 Å². The summed E-state index contributed by atoms with van der Waals surface area (Å²) < 4.78 is 5.23. The number of nitrogen functional groups attached to an aromatic ring is 1. The molecule has 0 aliphatic heterocycles. The van der Waals surface area contributed by atoms with Crippen molar-refractivity contribution in [3.05, 3.63) is 59.6 Å². The predicted molar refractivity (Wildman–Crippen MR) is 85.4 cm³/mol. The van der Waals surface area contributed by atoms with Crippen LogP contribution < -0.4 is 10.5 Å². The molecule has 0 atom stereocenters. The molecule has 0 fully saturated rings. The molecule has 2 N–H and O–H groups in total. The first kappa shape index (κ1) is 12.8. The molecule has 0 spiro atoms. The van der Waals surface area contributed by atoms with E-state index in [-0.39, 0.29) is 0 Å². The molecular weight excluding hydrogens is 270 g/mol. The molecule has 3 aromatic rings. The number of nitrogens with two attached hydrogens (primary N) is 1. The zero-order valence-electron chi connectivity index (χ0n) is 11.1. The van der Waals surface area contributed by atoms with Gasteiger partial charge in [-0.15, -0.1) is 0 Å². The van der Waals surface area contributed by atoms with Gasteiger partial charge in [0.2, 0.25) is 0 Å². The lowest BCUT2D eigenvalue weighted by Gasteiger charge is -2.07. The lowest BCUT2D eigenvalue weighted by Crippen LogP contribution is -1.87. The molecule has 3 rings (SSSR count). The van der Waals surface area contributed by atoms with Gasteiger partial charge in [-0.05, 0) is 52.2 Å². The summed E-state index contributed by atoms with van der Waals surface area (Å²) in [6, 6.07) is 18.0. The van der Waals surface area contributed by atoms with Gasteiger partial charge < -0.3 is 10.5 Å². The van der Waals surface area contributed by atoms with E-state index in [2.05, 4.69) is 24.3 Å². The van der Waals surface area contributed by atoms with Gasteiger partial charge in [-0.2, -0.15) is 0 Å².